The summed E-state index contributed by atoms with van der Waals surface area (Å²) >= 11 is 6.42. The van der Waals surface area contributed by atoms with E-state index in [1.54, 1.807) is 0 Å². The van der Waals surface area contributed by atoms with Gasteiger partial charge in [-0.1, -0.05) is 24.4 Å². The largest absolute Gasteiger partial charge is 0.486 e. The molecule has 18 heavy (non-hydrogen) atoms. The molecule has 4 heteroatoms. The van der Waals surface area contributed by atoms with E-state index in [9.17, 15) is 0 Å². The molecule has 0 spiro atoms. The Morgan fingerprint density at radius 3 is 2.61 bits per heavy atom. The number of hydrogen-bond donors (Lipinski definition) is 1. The summed E-state index contributed by atoms with van der Waals surface area (Å²) in [5, 5.41) is 0.709. The molecular weight excluding hydrogens is 250 g/mol. The minimum absolute atomic E-state index is 0.295. The van der Waals surface area contributed by atoms with Gasteiger partial charge in [-0.05, 0) is 25.3 Å². The second-order valence-electron chi connectivity index (χ2n) is 5.25. The standard InChI is InChI=1S/C14H18ClNO2/c1-9-12(14(16)4-2-3-5-14)10(15)8-11-13(9)18-7-6-17-11/h8H,2-7,16H2,1H3. The molecule has 1 aromatic carbocycles. The zero-order valence-electron chi connectivity index (χ0n) is 10.6. The van der Waals surface area contributed by atoms with E-state index in [-0.39, 0.29) is 5.54 Å². The van der Waals surface area contributed by atoms with E-state index >= 15 is 0 Å². The van der Waals surface area contributed by atoms with Crippen molar-refractivity contribution in [3.05, 3.63) is 22.2 Å². The van der Waals surface area contributed by atoms with E-state index in [2.05, 4.69) is 0 Å². The molecule has 1 aliphatic heterocycles. The van der Waals surface area contributed by atoms with Gasteiger partial charge in [-0.3, -0.25) is 0 Å². The van der Waals surface area contributed by atoms with Gasteiger partial charge in [0.05, 0.1) is 0 Å². The van der Waals surface area contributed by atoms with Crippen molar-refractivity contribution in [1.29, 1.82) is 0 Å². The molecule has 1 saturated carbocycles. The Morgan fingerprint density at radius 2 is 1.89 bits per heavy atom. The van der Waals surface area contributed by atoms with E-state index < -0.39 is 0 Å². The van der Waals surface area contributed by atoms with Gasteiger partial charge in [0.1, 0.15) is 13.2 Å². The van der Waals surface area contributed by atoms with E-state index in [1.807, 2.05) is 13.0 Å². The molecule has 2 aliphatic rings. The van der Waals surface area contributed by atoms with Crippen molar-refractivity contribution >= 4 is 11.6 Å². The number of hydrogen-bond acceptors (Lipinski definition) is 3. The summed E-state index contributed by atoms with van der Waals surface area (Å²) in [7, 11) is 0. The predicted molar refractivity (Wildman–Crippen MR) is 71.5 cm³/mol. The number of benzene rings is 1. The van der Waals surface area contributed by atoms with Crippen molar-refractivity contribution < 1.29 is 9.47 Å². The Morgan fingerprint density at radius 1 is 1.22 bits per heavy atom. The minimum atomic E-state index is -0.295. The van der Waals surface area contributed by atoms with Gasteiger partial charge in [0, 0.05) is 22.2 Å². The van der Waals surface area contributed by atoms with Crippen LogP contribution in [0.25, 0.3) is 0 Å². The fraction of sp³-hybridized carbons (Fsp3) is 0.571. The van der Waals surface area contributed by atoms with E-state index in [4.69, 9.17) is 26.8 Å². The molecule has 0 unspecified atom stereocenters. The molecule has 1 heterocycles. The summed E-state index contributed by atoms with van der Waals surface area (Å²) in [4.78, 5) is 0. The summed E-state index contributed by atoms with van der Waals surface area (Å²) in [5.41, 5.74) is 8.33. The molecule has 98 valence electrons. The highest BCUT2D eigenvalue weighted by molar-refractivity contribution is 6.31. The average molecular weight is 268 g/mol. The van der Waals surface area contributed by atoms with Gasteiger partial charge in [0.25, 0.3) is 0 Å². The molecule has 3 rings (SSSR count). The zero-order valence-corrected chi connectivity index (χ0v) is 11.3. The third-order valence-electron chi connectivity index (χ3n) is 4.02. The van der Waals surface area contributed by atoms with Gasteiger partial charge < -0.3 is 15.2 Å². The Labute approximate surface area is 112 Å². The number of nitrogens with two attached hydrogens (primary N) is 1. The number of fused-ring (bicyclic) bond motifs is 1. The first-order chi connectivity index (χ1) is 8.62. The van der Waals surface area contributed by atoms with Crippen molar-refractivity contribution in [2.75, 3.05) is 13.2 Å². The van der Waals surface area contributed by atoms with Crippen molar-refractivity contribution in [3.63, 3.8) is 0 Å². The lowest BCUT2D eigenvalue weighted by molar-refractivity contribution is 0.170. The van der Waals surface area contributed by atoms with Crippen LogP contribution >= 0.6 is 11.6 Å². The molecule has 0 radical (unpaired) electrons. The number of rotatable bonds is 1. The first-order valence-corrected chi connectivity index (χ1v) is 6.88. The summed E-state index contributed by atoms with van der Waals surface area (Å²) in [6.45, 7) is 3.20. The lowest BCUT2D eigenvalue weighted by atomic mass is 9.85. The van der Waals surface area contributed by atoms with E-state index in [1.165, 1.54) is 12.8 Å². The van der Waals surface area contributed by atoms with E-state index in [0.717, 1.165) is 35.5 Å². The molecule has 0 atom stereocenters. The topological polar surface area (TPSA) is 44.5 Å². The van der Waals surface area contributed by atoms with Crippen LogP contribution in [0.1, 0.15) is 36.8 Å². The summed E-state index contributed by atoms with van der Waals surface area (Å²) in [6, 6.07) is 1.85. The lowest BCUT2D eigenvalue weighted by Crippen LogP contribution is -2.34. The summed E-state index contributed by atoms with van der Waals surface area (Å²) in [5.74, 6) is 1.56. The van der Waals surface area contributed by atoms with Crippen LogP contribution in [0, 0.1) is 6.92 Å². The van der Waals surface area contributed by atoms with Crippen molar-refractivity contribution in [3.8, 4) is 11.5 Å². The smallest absolute Gasteiger partial charge is 0.164 e. The van der Waals surface area contributed by atoms with Gasteiger partial charge in [0.2, 0.25) is 0 Å². The van der Waals surface area contributed by atoms with Gasteiger partial charge in [0.15, 0.2) is 11.5 Å². The van der Waals surface area contributed by atoms with Crippen LogP contribution in [0.3, 0.4) is 0 Å². The Hall–Kier alpha value is -0.930. The zero-order chi connectivity index (χ0) is 12.8. The van der Waals surface area contributed by atoms with Gasteiger partial charge in [-0.2, -0.15) is 0 Å². The monoisotopic (exact) mass is 267 g/mol. The molecular formula is C14H18ClNO2. The highest BCUT2D eigenvalue weighted by Gasteiger charge is 2.36. The maximum atomic E-state index is 6.53. The Kier molecular flexibility index (Phi) is 2.91. The lowest BCUT2D eigenvalue weighted by Gasteiger charge is -2.30. The van der Waals surface area contributed by atoms with Crippen LogP contribution in [0.4, 0.5) is 0 Å². The highest BCUT2D eigenvalue weighted by atomic mass is 35.5. The fourth-order valence-electron chi connectivity index (χ4n) is 3.18. The van der Waals surface area contributed by atoms with Crippen LogP contribution in [0.2, 0.25) is 5.02 Å². The molecule has 1 fully saturated rings. The first kappa shape index (κ1) is 12.1. The molecule has 3 nitrogen and oxygen atoms in total. The van der Waals surface area contributed by atoms with Gasteiger partial charge in [-0.15, -0.1) is 0 Å². The molecule has 0 saturated heterocycles. The Bertz CT molecular complexity index is 481. The predicted octanol–water partition coefficient (Wildman–Crippen LogP) is 3.15. The fourth-order valence-corrected chi connectivity index (χ4v) is 3.61. The normalized spacial score (nSPS) is 21.1. The maximum Gasteiger partial charge on any atom is 0.164 e. The molecule has 1 aliphatic carbocycles. The quantitative estimate of drug-likeness (QED) is 0.850. The van der Waals surface area contributed by atoms with Crippen LogP contribution < -0.4 is 15.2 Å². The number of halogens is 1. The van der Waals surface area contributed by atoms with Crippen LogP contribution in [-0.2, 0) is 5.54 Å². The van der Waals surface area contributed by atoms with Crippen molar-refractivity contribution in [1.82, 2.24) is 0 Å². The Balaban J connectivity index is 2.14. The average Bonchev–Trinajstić information content (AvgIpc) is 2.77. The minimum Gasteiger partial charge on any atom is -0.486 e. The third kappa shape index (κ3) is 1.77. The highest BCUT2D eigenvalue weighted by Crippen LogP contribution is 2.47. The second kappa shape index (κ2) is 4.32. The van der Waals surface area contributed by atoms with Crippen LogP contribution in [0.15, 0.2) is 6.07 Å². The summed E-state index contributed by atoms with van der Waals surface area (Å²) < 4.78 is 11.3. The molecule has 0 aromatic heterocycles. The van der Waals surface area contributed by atoms with Gasteiger partial charge >= 0.3 is 0 Å². The molecule has 2 N–H and O–H groups in total. The number of ether oxygens (including phenoxy) is 2. The molecule has 1 aromatic rings. The van der Waals surface area contributed by atoms with Gasteiger partial charge in [-0.25, -0.2) is 0 Å². The first-order valence-electron chi connectivity index (χ1n) is 6.50. The second-order valence-corrected chi connectivity index (χ2v) is 5.65. The molecule has 0 amide bonds. The van der Waals surface area contributed by atoms with E-state index in [0.29, 0.717) is 18.2 Å². The van der Waals surface area contributed by atoms with Crippen LogP contribution in [-0.4, -0.2) is 13.2 Å². The molecule has 0 bridgehead atoms. The third-order valence-corrected chi connectivity index (χ3v) is 4.32. The van der Waals surface area contributed by atoms with Crippen molar-refractivity contribution in [2.24, 2.45) is 5.73 Å². The van der Waals surface area contributed by atoms with Crippen molar-refractivity contribution in [2.45, 2.75) is 38.1 Å². The maximum absolute atomic E-state index is 6.53. The summed E-state index contributed by atoms with van der Waals surface area (Å²) in [6.07, 6.45) is 4.32. The van der Waals surface area contributed by atoms with Crippen LogP contribution in [0.5, 0.6) is 11.5 Å². The SMILES string of the molecule is Cc1c2c(cc(Cl)c1C1(N)CCCC1)OCCO2.